The SMILES string of the molecule is Fc1ccc(C(=C2CC[N]CC2)c2ccc(F)cc2)cc1. The van der Waals surface area contributed by atoms with E-state index in [9.17, 15) is 8.78 Å². The molecular weight excluding hydrogens is 268 g/mol. The van der Waals surface area contributed by atoms with Crippen molar-refractivity contribution in [3.8, 4) is 0 Å². The highest BCUT2D eigenvalue weighted by atomic mass is 19.1. The number of benzene rings is 2. The van der Waals surface area contributed by atoms with Crippen LogP contribution in [0.15, 0.2) is 54.1 Å². The Hall–Kier alpha value is -2.00. The molecule has 3 rings (SSSR count). The lowest BCUT2D eigenvalue weighted by Gasteiger charge is -2.20. The van der Waals surface area contributed by atoms with Crippen molar-refractivity contribution in [3.63, 3.8) is 0 Å². The van der Waals surface area contributed by atoms with Gasteiger partial charge in [-0.3, -0.25) is 0 Å². The van der Waals surface area contributed by atoms with Crippen molar-refractivity contribution in [1.29, 1.82) is 0 Å². The summed E-state index contributed by atoms with van der Waals surface area (Å²) in [4.78, 5) is 0. The molecule has 21 heavy (non-hydrogen) atoms. The van der Waals surface area contributed by atoms with E-state index in [4.69, 9.17) is 0 Å². The fourth-order valence-corrected chi connectivity index (χ4v) is 2.72. The van der Waals surface area contributed by atoms with Crippen LogP contribution in [0, 0.1) is 11.6 Å². The molecule has 1 heterocycles. The van der Waals surface area contributed by atoms with E-state index in [0.717, 1.165) is 42.6 Å². The predicted molar refractivity (Wildman–Crippen MR) is 79.9 cm³/mol. The molecular formula is C18H16F2N. The van der Waals surface area contributed by atoms with Gasteiger partial charge in [-0.15, -0.1) is 0 Å². The van der Waals surface area contributed by atoms with Crippen LogP contribution in [-0.4, -0.2) is 13.1 Å². The Morgan fingerprint density at radius 1 is 0.714 bits per heavy atom. The largest absolute Gasteiger partial charge is 0.241 e. The van der Waals surface area contributed by atoms with Gasteiger partial charge in [-0.05, 0) is 53.8 Å². The van der Waals surface area contributed by atoms with Gasteiger partial charge < -0.3 is 0 Å². The second-order valence-electron chi connectivity index (χ2n) is 5.16. The summed E-state index contributed by atoms with van der Waals surface area (Å²) >= 11 is 0. The molecule has 2 aromatic rings. The van der Waals surface area contributed by atoms with Crippen LogP contribution in [-0.2, 0) is 0 Å². The van der Waals surface area contributed by atoms with Crippen molar-refractivity contribution in [3.05, 3.63) is 76.9 Å². The predicted octanol–water partition coefficient (Wildman–Crippen LogP) is 4.16. The topological polar surface area (TPSA) is 14.1 Å². The van der Waals surface area contributed by atoms with Gasteiger partial charge in [-0.25, -0.2) is 14.1 Å². The van der Waals surface area contributed by atoms with Gasteiger partial charge in [0.2, 0.25) is 0 Å². The standard InChI is InChI=1S/C18H16F2N/c19-16-5-1-13(2-6-16)18(15-9-11-21-12-10-15)14-3-7-17(20)8-4-14/h1-8H,9-12H2. The minimum atomic E-state index is -0.249. The molecule has 1 fully saturated rings. The van der Waals surface area contributed by atoms with Crippen molar-refractivity contribution >= 4 is 5.57 Å². The fourth-order valence-electron chi connectivity index (χ4n) is 2.72. The number of hydrogen-bond donors (Lipinski definition) is 0. The van der Waals surface area contributed by atoms with Crippen LogP contribution < -0.4 is 5.32 Å². The molecule has 107 valence electrons. The van der Waals surface area contributed by atoms with E-state index in [2.05, 4.69) is 5.32 Å². The van der Waals surface area contributed by atoms with Gasteiger partial charge in [0.05, 0.1) is 0 Å². The van der Waals surface area contributed by atoms with Gasteiger partial charge in [-0.2, -0.15) is 0 Å². The van der Waals surface area contributed by atoms with Crippen molar-refractivity contribution in [2.45, 2.75) is 12.8 Å². The summed E-state index contributed by atoms with van der Waals surface area (Å²) in [5.74, 6) is -0.498. The fraction of sp³-hybridized carbons (Fsp3) is 0.222. The van der Waals surface area contributed by atoms with E-state index in [0.29, 0.717) is 0 Å². The van der Waals surface area contributed by atoms with Gasteiger partial charge in [0, 0.05) is 13.1 Å². The van der Waals surface area contributed by atoms with Gasteiger partial charge in [0.1, 0.15) is 11.6 Å². The van der Waals surface area contributed by atoms with Gasteiger partial charge >= 0.3 is 0 Å². The quantitative estimate of drug-likeness (QED) is 0.786. The first-order valence-electron chi connectivity index (χ1n) is 7.11. The molecule has 3 heteroatoms. The number of halogens is 2. The molecule has 0 bridgehead atoms. The van der Waals surface area contributed by atoms with E-state index in [1.165, 1.54) is 29.8 Å². The van der Waals surface area contributed by atoms with Gasteiger partial charge in [0.15, 0.2) is 0 Å². The highest BCUT2D eigenvalue weighted by Gasteiger charge is 2.15. The Morgan fingerprint density at radius 3 is 1.57 bits per heavy atom. The van der Waals surface area contributed by atoms with Crippen molar-refractivity contribution in [2.24, 2.45) is 0 Å². The molecule has 0 saturated carbocycles. The summed E-state index contributed by atoms with van der Waals surface area (Å²) in [6, 6.07) is 13.0. The Bertz CT molecular complexity index is 586. The highest BCUT2D eigenvalue weighted by molar-refractivity contribution is 5.82. The summed E-state index contributed by atoms with van der Waals surface area (Å²) in [6.07, 6.45) is 1.81. The normalized spacial score (nSPS) is 15.0. The molecule has 2 aromatic carbocycles. The third-order valence-electron chi connectivity index (χ3n) is 3.76. The van der Waals surface area contributed by atoms with Crippen LogP contribution in [0.1, 0.15) is 24.0 Å². The number of hydrogen-bond acceptors (Lipinski definition) is 0. The van der Waals surface area contributed by atoms with E-state index in [-0.39, 0.29) is 11.6 Å². The van der Waals surface area contributed by atoms with Crippen LogP contribution in [0.25, 0.3) is 5.57 Å². The molecule has 0 amide bonds. The first-order chi connectivity index (χ1) is 10.2. The maximum Gasteiger partial charge on any atom is 0.123 e. The molecule has 0 atom stereocenters. The maximum absolute atomic E-state index is 13.2. The van der Waals surface area contributed by atoms with E-state index in [1.807, 2.05) is 0 Å². The van der Waals surface area contributed by atoms with Gasteiger partial charge in [0.25, 0.3) is 0 Å². The summed E-state index contributed by atoms with van der Waals surface area (Å²) in [5, 5.41) is 4.37. The third-order valence-corrected chi connectivity index (χ3v) is 3.76. The second kappa shape index (κ2) is 6.19. The Morgan fingerprint density at radius 2 is 1.14 bits per heavy atom. The zero-order valence-electron chi connectivity index (χ0n) is 11.7. The number of piperidine rings is 1. The van der Waals surface area contributed by atoms with Crippen LogP contribution in [0.5, 0.6) is 0 Å². The minimum absolute atomic E-state index is 0.249. The first-order valence-corrected chi connectivity index (χ1v) is 7.11. The molecule has 0 spiro atoms. The average molecular weight is 284 g/mol. The zero-order valence-corrected chi connectivity index (χ0v) is 11.7. The first kappa shape index (κ1) is 14.0. The Balaban J connectivity index is 2.10. The lowest BCUT2D eigenvalue weighted by Crippen LogP contribution is -2.17. The molecule has 1 radical (unpaired) electrons. The number of nitrogens with zero attached hydrogens (tertiary/aromatic N) is 1. The molecule has 1 nitrogen and oxygen atoms in total. The summed E-state index contributed by atoms with van der Waals surface area (Å²) in [7, 11) is 0. The molecule has 0 aromatic heterocycles. The summed E-state index contributed by atoms with van der Waals surface area (Å²) in [5.41, 5.74) is 4.34. The average Bonchev–Trinajstić information content (AvgIpc) is 2.52. The minimum Gasteiger partial charge on any atom is -0.241 e. The second-order valence-corrected chi connectivity index (χ2v) is 5.16. The Kier molecular flexibility index (Phi) is 4.11. The van der Waals surface area contributed by atoms with Crippen LogP contribution in [0.4, 0.5) is 8.78 Å². The van der Waals surface area contributed by atoms with Crippen LogP contribution >= 0.6 is 0 Å². The van der Waals surface area contributed by atoms with Crippen LogP contribution in [0.3, 0.4) is 0 Å². The monoisotopic (exact) mass is 284 g/mol. The highest BCUT2D eigenvalue weighted by Crippen LogP contribution is 2.31. The van der Waals surface area contributed by atoms with Crippen molar-refractivity contribution in [2.75, 3.05) is 13.1 Å². The van der Waals surface area contributed by atoms with E-state index in [1.54, 1.807) is 24.3 Å². The van der Waals surface area contributed by atoms with Crippen molar-refractivity contribution < 1.29 is 8.78 Å². The summed E-state index contributed by atoms with van der Waals surface area (Å²) < 4.78 is 26.3. The smallest absolute Gasteiger partial charge is 0.123 e. The Labute approximate surface area is 123 Å². The van der Waals surface area contributed by atoms with Crippen LogP contribution in [0.2, 0.25) is 0 Å². The number of rotatable bonds is 2. The maximum atomic E-state index is 13.2. The van der Waals surface area contributed by atoms with E-state index >= 15 is 0 Å². The lowest BCUT2D eigenvalue weighted by molar-refractivity contribution is 0.599. The van der Waals surface area contributed by atoms with Crippen molar-refractivity contribution in [1.82, 2.24) is 5.32 Å². The summed E-state index contributed by atoms with van der Waals surface area (Å²) in [6.45, 7) is 1.64. The molecule has 1 aliphatic rings. The van der Waals surface area contributed by atoms with E-state index < -0.39 is 0 Å². The van der Waals surface area contributed by atoms with Gasteiger partial charge in [-0.1, -0.05) is 29.8 Å². The lowest BCUT2D eigenvalue weighted by atomic mass is 9.89. The molecule has 1 saturated heterocycles. The third kappa shape index (κ3) is 3.19. The molecule has 0 aliphatic carbocycles. The zero-order chi connectivity index (χ0) is 14.7. The molecule has 0 unspecified atom stereocenters. The molecule has 1 aliphatic heterocycles. The molecule has 0 N–H and O–H groups in total.